The fourth-order valence-electron chi connectivity index (χ4n) is 1.48. The maximum absolute atomic E-state index is 12.1. The second kappa shape index (κ2) is 6.14. The van der Waals surface area contributed by atoms with E-state index in [1.807, 2.05) is 0 Å². The number of nitrogens with zero attached hydrogens (tertiary/aromatic N) is 1. The second-order valence-corrected chi connectivity index (χ2v) is 5.44. The van der Waals surface area contributed by atoms with Crippen LogP contribution in [0.4, 0.5) is 4.79 Å². The van der Waals surface area contributed by atoms with Crippen molar-refractivity contribution in [3.8, 4) is 0 Å². The van der Waals surface area contributed by atoms with Crippen LogP contribution in [-0.2, 0) is 18.4 Å². The zero-order chi connectivity index (χ0) is 12.9. The van der Waals surface area contributed by atoms with Gasteiger partial charge in [0.2, 0.25) is 5.91 Å². The van der Waals surface area contributed by atoms with E-state index in [0.717, 1.165) is 4.90 Å². The van der Waals surface area contributed by atoms with Crippen LogP contribution in [0.5, 0.6) is 0 Å². The van der Waals surface area contributed by atoms with Crippen molar-refractivity contribution >= 4 is 19.5 Å². The number of carbonyl (C=O) groups excluding carboxylic acids is 2. The highest BCUT2D eigenvalue weighted by Gasteiger charge is 2.34. The molecule has 0 aliphatic carbocycles. The molecule has 0 unspecified atom stereocenters. The Bertz CT molecular complexity index is 336. The molecule has 0 aromatic carbocycles. The SMILES string of the molecule is CCOP(=O)(CC(=O)N1CCNC1=O)OCC. The van der Waals surface area contributed by atoms with Crippen molar-refractivity contribution in [1.29, 1.82) is 0 Å². The number of imide groups is 1. The topological polar surface area (TPSA) is 84.9 Å². The van der Waals surface area contributed by atoms with Crippen LogP contribution in [0.25, 0.3) is 0 Å². The molecule has 98 valence electrons. The maximum atomic E-state index is 12.1. The Kier molecular flexibility index (Phi) is 5.11. The number of hydrogen-bond acceptors (Lipinski definition) is 5. The van der Waals surface area contributed by atoms with Gasteiger partial charge in [0, 0.05) is 13.1 Å². The lowest BCUT2D eigenvalue weighted by Crippen LogP contribution is -2.36. The summed E-state index contributed by atoms with van der Waals surface area (Å²) in [5.41, 5.74) is 0. The zero-order valence-corrected chi connectivity index (χ0v) is 10.9. The molecular formula is C9H17N2O5P. The van der Waals surface area contributed by atoms with Crippen molar-refractivity contribution < 1.29 is 23.2 Å². The van der Waals surface area contributed by atoms with Crippen molar-refractivity contribution in [2.24, 2.45) is 0 Å². The minimum absolute atomic E-state index is 0.191. The predicted octanol–water partition coefficient (Wildman–Crippen LogP) is 0.804. The Morgan fingerprint density at radius 3 is 2.41 bits per heavy atom. The third-order valence-corrected chi connectivity index (χ3v) is 4.10. The first-order valence-corrected chi connectivity index (χ1v) is 7.21. The molecule has 7 nitrogen and oxygen atoms in total. The highest BCUT2D eigenvalue weighted by atomic mass is 31.2. The first-order chi connectivity index (χ1) is 8.02. The molecule has 1 rings (SSSR count). The number of nitrogens with one attached hydrogen (secondary N) is 1. The molecular weight excluding hydrogens is 247 g/mol. The van der Waals surface area contributed by atoms with E-state index < -0.39 is 25.7 Å². The van der Waals surface area contributed by atoms with Gasteiger partial charge in [0.05, 0.1) is 13.2 Å². The van der Waals surface area contributed by atoms with Gasteiger partial charge in [-0.15, -0.1) is 0 Å². The smallest absolute Gasteiger partial charge is 0.336 e. The fraction of sp³-hybridized carbons (Fsp3) is 0.778. The summed E-state index contributed by atoms with van der Waals surface area (Å²) in [6.07, 6.45) is -0.401. The van der Waals surface area contributed by atoms with Gasteiger partial charge in [0.15, 0.2) is 0 Å². The first kappa shape index (κ1) is 14.2. The van der Waals surface area contributed by atoms with E-state index in [0.29, 0.717) is 6.54 Å². The van der Waals surface area contributed by atoms with Gasteiger partial charge in [0.1, 0.15) is 6.16 Å². The van der Waals surface area contributed by atoms with Crippen LogP contribution in [0.3, 0.4) is 0 Å². The average Bonchev–Trinajstić information content (AvgIpc) is 2.64. The molecule has 0 atom stereocenters. The maximum Gasteiger partial charge on any atom is 0.340 e. The Labute approximate surface area is 100.0 Å². The Morgan fingerprint density at radius 1 is 1.41 bits per heavy atom. The summed E-state index contributed by atoms with van der Waals surface area (Å²) in [7, 11) is -3.43. The van der Waals surface area contributed by atoms with E-state index in [9.17, 15) is 14.2 Å². The molecule has 0 aromatic heterocycles. The lowest BCUT2D eigenvalue weighted by atomic mass is 10.5. The van der Waals surface area contributed by atoms with Gasteiger partial charge in [-0.1, -0.05) is 0 Å². The molecule has 1 saturated heterocycles. The minimum atomic E-state index is -3.43. The van der Waals surface area contributed by atoms with Crippen LogP contribution in [0, 0.1) is 0 Å². The molecule has 0 bridgehead atoms. The van der Waals surface area contributed by atoms with Gasteiger partial charge >= 0.3 is 13.6 Å². The van der Waals surface area contributed by atoms with Crippen LogP contribution in [0.1, 0.15) is 13.8 Å². The van der Waals surface area contributed by atoms with Crippen LogP contribution < -0.4 is 5.32 Å². The van der Waals surface area contributed by atoms with Crippen molar-refractivity contribution in [2.75, 3.05) is 32.5 Å². The third-order valence-electron chi connectivity index (χ3n) is 2.14. The van der Waals surface area contributed by atoms with Crippen molar-refractivity contribution in [1.82, 2.24) is 10.2 Å². The van der Waals surface area contributed by atoms with E-state index in [4.69, 9.17) is 9.05 Å². The molecule has 8 heteroatoms. The first-order valence-electron chi connectivity index (χ1n) is 5.48. The molecule has 1 aliphatic rings. The summed E-state index contributed by atoms with van der Waals surface area (Å²) < 4.78 is 22.0. The quantitative estimate of drug-likeness (QED) is 0.717. The van der Waals surface area contributed by atoms with Gasteiger partial charge in [-0.05, 0) is 13.8 Å². The molecule has 1 fully saturated rings. The number of amides is 3. The normalized spacial score (nSPS) is 16.1. The predicted molar refractivity (Wildman–Crippen MR) is 60.8 cm³/mol. The number of hydrogen-bond donors (Lipinski definition) is 1. The number of urea groups is 1. The van der Waals surface area contributed by atoms with Crippen LogP contribution in [0.2, 0.25) is 0 Å². The lowest BCUT2D eigenvalue weighted by Gasteiger charge is -2.19. The minimum Gasteiger partial charge on any atom is -0.336 e. The van der Waals surface area contributed by atoms with Crippen LogP contribution >= 0.6 is 7.60 Å². The Hall–Kier alpha value is -0.910. The lowest BCUT2D eigenvalue weighted by molar-refractivity contribution is -0.125. The van der Waals surface area contributed by atoms with E-state index in [2.05, 4.69) is 5.32 Å². The van der Waals surface area contributed by atoms with Gasteiger partial charge in [0.25, 0.3) is 0 Å². The summed E-state index contributed by atoms with van der Waals surface area (Å²) in [4.78, 5) is 24.0. The van der Waals surface area contributed by atoms with Gasteiger partial charge in [-0.2, -0.15) is 0 Å². The van der Waals surface area contributed by atoms with Crippen molar-refractivity contribution in [3.05, 3.63) is 0 Å². The summed E-state index contributed by atoms with van der Waals surface area (Å²) >= 11 is 0. The van der Waals surface area contributed by atoms with E-state index >= 15 is 0 Å². The molecule has 0 radical (unpaired) electrons. The second-order valence-electron chi connectivity index (χ2n) is 3.38. The van der Waals surface area contributed by atoms with Crippen LogP contribution in [-0.4, -0.2) is 49.3 Å². The number of rotatable bonds is 6. The van der Waals surface area contributed by atoms with E-state index in [1.165, 1.54) is 0 Å². The highest BCUT2D eigenvalue weighted by Crippen LogP contribution is 2.47. The molecule has 0 aromatic rings. The van der Waals surface area contributed by atoms with Crippen molar-refractivity contribution in [2.45, 2.75) is 13.8 Å². The highest BCUT2D eigenvalue weighted by molar-refractivity contribution is 7.54. The van der Waals surface area contributed by atoms with Gasteiger partial charge in [-0.3, -0.25) is 14.3 Å². The third kappa shape index (κ3) is 3.80. The summed E-state index contributed by atoms with van der Waals surface area (Å²) in [6.45, 7) is 4.42. The summed E-state index contributed by atoms with van der Waals surface area (Å²) in [5, 5.41) is 2.50. The molecule has 0 saturated carbocycles. The van der Waals surface area contributed by atoms with Crippen molar-refractivity contribution in [3.63, 3.8) is 0 Å². The summed E-state index contributed by atoms with van der Waals surface area (Å²) in [5.74, 6) is -0.537. The van der Waals surface area contributed by atoms with E-state index in [-0.39, 0.29) is 19.8 Å². The molecule has 1 N–H and O–H groups in total. The molecule has 1 aliphatic heterocycles. The monoisotopic (exact) mass is 264 g/mol. The van der Waals surface area contributed by atoms with Gasteiger partial charge in [-0.25, -0.2) is 4.79 Å². The summed E-state index contributed by atoms with van der Waals surface area (Å²) in [6, 6.07) is -0.463. The number of carbonyl (C=O) groups is 2. The zero-order valence-electron chi connectivity index (χ0n) is 9.97. The Balaban J connectivity index is 2.63. The Morgan fingerprint density at radius 2 is 2.00 bits per heavy atom. The standard InChI is InChI=1S/C9H17N2O5P/c1-3-15-17(14,16-4-2)7-8(12)11-6-5-10-9(11)13/h3-7H2,1-2H3,(H,10,13). The van der Waals surface area contributed by atoms with Gasteiger partial charge < -0.3 is 14.4 Å². The largest absolute Gasteiger partial charge is 0.340 e. The molecule has 0 spiro atoms. The van der Waals surface area contributed by atoms with E-state index in [1.54, 1.807) is 13.8 Å². The van der Waals surface area contributed by atoms with Crippen LogP contribution in [0.15, 0.2) is 0 Å². The molecule has 1 heterocycles. The fourth-order valence-corrected chi connectivity index (χ4v) is 3.03. The molecule has 3 amide bonds. The average molecular weight is 264 g/mol. The molecule has 17 heavy (non-hydrogen) atoms.